The number of nitrogen functional groups attached to an aromatic ring is 1. The third-order valence-corrected chi connectivity index (χ3v) is 5.56. The van der Waals surface area contributed by atoms with Crippen LogP contribution in [0.25, 0.3) is 0 Å². The number of hydrogen-bond acceptors (Lipinski definition) is 2. The fourth-order valence-electron chi connectivity index (χ4n) is 4.51. The van der Waals surface area contributed by atoms with Gasteiger partial charge >= 0.3 is 0 Å². The molecular formula is C19H21ClN2. The summed E-state index contributed by atoms with van der Waals surface area (Å²) in [4.78, 5) is 2.51. The molecule has 0 spiro atoms. The molecule has 3 heteroatoms. The highest BCUT2D eigenvalue weighted by Gasteiger charge is 2.44. The number of hydrogen-bond donors (Lipinski definition) is 1. The van der Waals surface area contributed by atoms with Gasteiger partial charge in [0.15, 0.2) is 0 Å². The molecular weight excluding hydrogens is 292 g/mol. The van der Waals surface area contributed by atoms with Gasteiger partial charge in [0, 0.05) is 22.7 Å². The highest BCUT2D eigenvalue weighted by Crippen LogP contribution is 2.54. The highest BCUT2D eigenvalue weighted by molar-refractivity contribution is 6.30. The molecule has 2 aliphatic rings. The maximum Gasteiger partial charge on any atom is 0.0409 e. The number of benzene rings is 2. The van der Waals surface area contributed by atoms with Crippen molar-refractivity contribution in [3.63, 3.8) is 0 Å². The van der Waals surface area contributed by atoms with Crippen molar-refractivity contribution in [1.82, 2.24) is 4.90 Å². The van der Waals surface area contributed by atoms with Crippen LogP contribution in [0, 0.1) is 5.92 Å². The molecule has 1 fully saturated rings. The van der Waals surface area contributed by atoms with Gasteiger partial charge in [-0.2, -0.15) is 0 Å². The molecule has 2 aromatic rings. The first-order valence-electron chi connectivity index (χ1n) is 8.00. The molecule has 1 heterocycles. The van der Waals surface area contributed by atoms with E-state index in [4.69, 9.17) is 17.3 Å². The first-order chi connectivity index (χ1) is 10.6. The van der Waals surface area contributed by atoms with E-state index in [1.807, 2.05) is 12.1 Å². The fraction of sp³-hybridized carbons (Fsp3) is 0.368. The molecule has 4 rings (SSSR count). The molecule has 0 saturated carbocycles. The number of rotatable bonds is 1. The molecule has 1 aliphatic heterocycles. The smallest absolute Gasteiger partial charge is 0.0409 e. The molecule has 0 amide bonds. The van der Waals surface area contributed by atoms with Crippen molar-refractivity contribution in [1.29, 1.82) is 0 Å². The Hall–Kier alpha value is -1.51. The van der Waals surface area contributed by atoms with Crippen molar-refractivity contribution in [3.05, 3.63) is 64.2 Å². The van der Waals surface area contributed by atoms with Crippen molar-refractivity contribution in [3.8, 4) is 0 Å². The van der Waals surface area contributed by atoms with E-state index < -0.39 is 0 Å². The third kappa shape index (κ3) is 2.13. The second-order valence-electron chi connectivity index (χ2n) is 6.65. The summed E-state index contributed by atoms with van der Waals surface area (Å²) < 4.78 is 0. The molecule has 0 radical (unpaired) electrons. The molecule has 0 aromatic heterocycles. The third-order valence-electron chi connectivity index (χ3n) is 5.33. The SMILES string of the molecule is CN1CCCC2C(c3cccc(N)c3)c3cc(Cl)ccc3C21. The summed E-state index contributed by atoms with van der Waals surface area (Å²) >= 11 is 6.30. The van der Waals surface area contributed by atoms with Crippen LogP contribution in [0.15, 0.2) is 42.5 Å². The summed E-state index contributed by atoms with van der Waals surface area (Å²) in [5.74, 6) is 1.03. The number of fused-ring (bicyclic) bond motifs is 3. The van der Waals surface area contributed by atoms with Crippen LogP contribution in [-0.4, -0.2) is 18.5 Å². The lowest BCUT2D eigenvalue weighted by Gasteiger charge is -2.37. The second-order valence-corrected chi connectivity index (χ2v) is 7.09. The van der Waals surface area contributed by atoms with Gasteiger partial charge in [0.2, 0.25) is 0 Å². The molecule has 2 N–H and O–H groups in total. The zero-order valence-corrected chi connectivity index (χ0v) is 13.6. The van der Waals surface area contributed by atoms with Crippen LogP contribution in [0.4, 0.5) is 5.69 Å². The Morgan fingerprint density at radius 3 is 2.82 bits per heavy atom. The lowest BCUT2D eigenvalue weighted by Crippen LogP contribution is -2.34. The van der Waals surface area contributed by atoms with Gasteiger partial charge in [-0.15, -0.1) is 0 Å². The number of anilines is 1. The van der Waals surface area contributed by atoms with Crippen LogP contribution in [0.5, 0.6) is 0 Å². The van der Waals surface area contributed by atoms with Crippen LogP contribution in [0.2, 0.25) is 5.02 Å². The van der Waals surface area contributed by atoms with Crippen molar-refractivity contribution < 1.29 is 0 Å². The van der Waals surface area contributed by atoms with E-state index >= 15 is 0 Å². The number of halogens is 1. The number of piperidine rings is 1. The van der Waals surface area contributed by atoms with Gasteiger partial charge in [-0.1, -0.05) is 29.8 Å². The molecule has 1 aliphatic carbocycles. The summed E-state index contributed by atoms with van der Waals surface area (Å²) in [5, 5.41) is 0.828. The highest BCUT2D eigenvalue weighted by atomic mass is 35.5. The van der Waals surface area contributed by atoms with Crippen LogP contribution in [0.1, 0.15) is 41.5 Å². The van der Waals surface area contributed by atoms with E-state index in [1.165, 1.54) is 36.1 Å². The van der Waals surface area contributed by atoms with E-state index in [0.717, 1.165) is 10.7 Å². The molecule has 1 saturated heterocycles. The van der Waals surface area contributed by atoms with Crippen LogP contribution >= 0.6 is 11.6 Å². The summed E-state index contributed by atoms with van der Waals surface area (Å²) in [6.07, 6.45) is 2.53. The first-order valence-corrected chi connectivity index (χ1v) is 8.38. The lowest BCUT2D eigenvalue weighted by atomic mass is 9.80. The van der Waals surface area contributed by atoms with Gasteiger partial charge in [-0.25, -0.2) is 0 Å². The standard InChI is InChI=1S/C19H21ClN2/c1-22-9-3-6-16-18(12-4-2-5-14(21)10-12)17-11-13(20)7-8-15(17)19(16)22/h2,4-5,7-8,10-11,16,18-19H,3,6,9,21H2,1H3. The zero-order chi connectivity index (χ0) is 15.3. The van der Waals surface area contributed by atoms with Crippen molar-refractivity contribution >= 4 is 17.3 Å². The van der Waals surface area contributed by atoms with Crippen LogP contribution < -0.4 is 5.73 Å². The maximum atomic E-state index is 6.30. The molecule has 114 valence electrons. The summed E-state index contributed by atoms with van der Waals surface area (Å²) in [6, 6.07) is 15.3. The minimum Gasteiger partial charge on any atom is -0.399 e. The monoisotopic (exact) mass is 312 g/mol. The molecule has 22 heavy (non-hydrogen) atoms. The van der Waals surface area contributed by atoms with E-state index in [1.54, 1.807) is 0 Å². The molecule has 2 nitrogen and oxygen atoms in total. The van der Waals surface area contributed by atoms with E-state index in [-0.39, 0.29) is 0 Å². The second kappa shape index (κ2) is 5.29. The summed E-state index contributed by atoms with van der Waals surface area (Å²) in [7, 11) is 2.25. The van der Waals surface area contributed by atoms with Gasteiger partial charge in [0.25, 0.3) is 0 Å². The quantitative estimate of drug-likeness (QED) is 0.788. The topological polar surface area (TPSA) is 29.3 Å². The van der Waals surface area contributed by atoms with Gasteiger partial charge in [0.1, 0.15) is 0 Å². The zero-order valence-electron chi connectivity index (χ0n) is 12.8. The first kappa shape index (κ1) is 14.1. The van der Waals surface area contributed by atoms with Gasteiger partial charge in [-0.3, -0.25) is 4.90 Å². The molecule has 0 bridgehead atoms. The minimum absolute atomic E-state index is 0.407. The average molecular weight is 313 g/mol. The van der Waals surface area contributed by atoms with Gasteiger partial charge in [0.05, 0.1) is 0 Å². The van der Waals surface area contributed by atoms with Crippen molar-refractivity contribution in [2.24, 2.45) is 5.92 Å². The average Bonchev–Trinajstić information content (AvgIpc) is 2.81. The minimum atomic E-state index is 0.407. The van der Waals surface area contributed by atoms with E-state index in [0.29, 0.717) is 17.9 Å². The number of nitrogens with zero attached hydrogens (tertiary/aromatic N) is 1. The van der Waals surface area contributed by atoms with Crippen molar-refractivity contribution in [2.45, 2.75) is 24.8 Å². The fourth-order valence-corrected chi connectivity index (χ4v) is 4.69. The Bertz CT molecular complexity index is 712. The summed E-state index contributed by atoms with van der Waals surface area (Å²) in [6.45, 7) is 1.17. The predicted octanol–water partition coefficient (Wildman–Crippen LogP) is 4.45. The summed E-state index contributed by atoms with van der Waals surface area (Å²) in [5.41, 5.74) is 11.0. The maximum absolute atomic E-state index is 6.30. The number of nitrogens with two attached hydrogens (primary N) is 1. The molecule has 3 atom stereocenters. The molecule has 3 unspecified atom stereocenters. The Labute approximate surface area is 136 Å². The Morgan fingerprint density at radius 2 is 2.00 bits per heavy atom. The Balaban J connectivity index is 1.88. The Kier molecular flexibility index (Phi) is 3.39. The lowest BCUT2D eigenvalue weighted by molar-refractivity contribution is 0.127. The molecule has 2 aromatic carbocycles. The van der Waals surface area contributed by atoms with Crippen LogP contribution in [-0.2, 0) is 0 Å². The van der Waals surface area contributed by atoms with Crippen LogP contribution in [0.3, 0.4) is 0 Å². The van der Waals surface area contributed by atoms with Crippen molar-refractivity contribution in [2.75, 3.05) is 19.3 Å². The largest absolute Gasteiger partial charge is 0.399 e. The van der Waals surface area contributed by atoms with Gasteiger partial charge < -0.3 is 5.73 Å². The number of likely N-dealkylation sites (tertiary alicyclic amines) is 1. The van der Waals surface area contributed by atoms with E-state index in [2.05, 4.69) is 42.3 Å². The van der Waals surface area contributed by atoms with Gasteiger partial charge in [-0.05, 0) is 73.3 Å². The normalized spacial score (nSPS) is 27.5. The van der Waals surface area contributed by atoms with E-state index in [9.17, 15) is 0 Å². The Morgan fingerprint density at radius 1 is 1.14 bits per heavy atom. The predicted molar refractivity (Wildman–Crippen MR) is 92.2 cm³/mol.